The first-order valence-corrected chi connectivity index (χ1v) is 12.2. The molecule has 174 valence electrons. The lowest BCUT2D eigenvalue weighted by Crippen LogP contribution is -2.14. The number of rotatable bonds is 7. The van der Waals surface area contributed by atoms with Gasteiger partial charge >= 0.3 is 0 Å². The van der Waals surface area contributed by atoms with Gasteiger partial charge in [0.25, 0.3) is 10.0 Å². The van der Waals surface area contributed by atoms with Crippen molar-refractivity contribution in [2.75, 3.05) is 17.1 Å². The third-order valence-corrected chi connectivity index (χ3v) is 6.75. The zero-order valence-electron chi connectivity index (χ0n) is 18.7. The van der Waals surface area contributed by atoms with E-state index in [0.717, 1.165) is 27.8 Å². The molecule has 2 aromatic heterocycles. The Morgan fingerprint density at radius 3 is 2.29 bits per heavy atom. The second-order valence-corrected chi connectivity index (χ2v) is 9.36. The quantitative estimate of drug-likeness (QED) is 0.326. The molecule has 0 atom stereocenters. The first-order valence-electron chi connectivity index (χ1n) is 10.7. The maximum Gasteiger partial charge on any atom is 0.262 e. The van der Waals surface area contributed by atoms with E-state index >= 15 is 0 Å². The predicted molar refractivity (Wildman–Crippen MR) is 136 cm³/mol. The standard InChI is InChI=1S/C26H21N5O3S/c1-34-26-24(31-35(32,33)21-10-6-3-7-11-21)15-19(16-27-26)18-12-13-23-22(14-18)25(17-28-30-23)29-20-8-4-2-5-9-20/h2-17,31H,1H3,(H,29,30). The number of fused-ring (bicyclic) bond motifs is 1. The van der Waals surface area contributed by atoms with Gasteiger partial charge in [0.1, 0.15) is 5.69 Å². The number of benzene rings is 3. The van der Waals surface area contributed by atoms with Gasteiger partial charge in [0.15, 0.2) is 0 Å². The van der Waals surface area contributed by atoms with Crippen LogP contribution in [0.2, 0.25) is 0 Å². The molecule has 3 aromatic carbocycles. The molecule has 0 aliphatic heterocycles. The summed E-state index contributed by atoms with van der Waals surface area (Å²) in [7, 11) is -2.38. The third-order valence-electron chi connectivity index (χ3n) is 5.37. The molecule has 2 heterocycles. The van der Waals surface area contributed by atoms with Crippen LogP contribution in [-0.4, -0.2) is 30.7 Å². The van der Waals surface area contributed by atoms with Crippen molar-refractivity contribution in [2.24, 2.45) is 0 Å². The molecule has 0 radical (unpaired) electrons. The number of nitrogens with zero attached hydrogens (tertiary/aromatic N) is 3. The maximum atomic E-state index is 12.9. The van der Waals surface area contributed by atoms with Crippen molar-refractivity contribution < 1.29 is 13.2 Å². The van der Waals surface area contributed by atoms with Crippen LogP contribution in [-0.2, 0) is 10.0 Å². The van der Waals surface area contributed by atoms with Crippen molar-refractivity contribution in [3.8, 4) is 17.0 Å². The largest absolute Gasteiger partial charge is 0.480 e. The molecule has 0 spiro atoms. The Morgan fingerprint density at radius 2 is 1.54 bits per heavy atom. The molecule has 0 saturated carbocycles. The number of sulfonamides is 1. The SMILES string of the molecule is COc1ncc(-c2ccc3nncc(Nc4ccccc4)c3c2)cc1NS(=O)(=O)c1ccccc1. The lowest BCUT2D eigenvalue weighted by Gasteiger charge is -2.13. The van der Waals surface area contributed by atoms with Crippen molar-refractivity contribution in [2.45, 2.75) is 4.90 Å². The van der Waals surface area contributed by atoms with E-state index in [1.165, 1.54) is 19.2 Å². The number of hydrogen-bond acceptors (Lipinski definition) is 7. The summed E-state index contributed by atoms with van der Waals surface area (Å²) in [4.78, 5) is 4.48. The van der Waals surface area contributed by atoms with E-state index in [1.807, 2.05) is 48.5 Å². The molecule has 5 aromatic rings. The summed E-state index contributed by atoms with van der Waals surface area (Å²) in [6.45, 7) is 0. The van der Waals surface area contributed by atoms with Gasteiger partial charge in [-0.05, 0) is 48.0 Å². The number of ether oxygens (including phenoxy) is 1. The summed E-state index contributed by atoms with van der Waals surface area (Å²) in [6.07, 6.45) is 3.31. The fraction of sp³-hybridized carbons (Fsp3) is 0.0385. The average Bonchev–Trinajstić information content (AvgIpc) is 2.89. The van der Waals surface area contributed by atoms with Gasteiger partial charge in [-0.2, -0.15) is 10.2 Å². The average molecular weight is 484 g/mol. The lowest BCUT2D eigenvalue weighted by atomic mass is 10.0. The Labute approximate surface area is 202 Å². The van der Waals surface area contributed by atoms with E-state index in [0.29, 0.717) is 5.56 Å². The third kappa shape index (κ3) is 4.75. The number of hydrogen-bond donors (Lipinski definition) is 2. The van der Waals surface area contributed by atoms with Crippen molar-refractivity contribution in [1.82, 2.24) is 15.2 Å². The number of nitrogens with one attached hydrogen (secondary N) is 2. The zero-order valence-corrected chi connectivity index (χ0v) is 19.5. The molecule has 0 amide bonds. The van der Waals surface area contributed by atoms with E-state index in [9.17, 15) is 8.42 Å². The Kier molecular flexibility index (Phi) is 5.99. The van der Waals surface area contributed by atoms with Crippen LogP contribution in [0.3, 0.4) is 0 Å². The van der Waals surface area contributed by atoms with Crippen LogP contribution in [0.1, 0.15) is 0 Å². The zero-order chi connectivity index (χ0) is 24.3. The minimum Gasteiger partial charge on any atom is -0.480 e. The molecule has 35 heavy (non-hydrogen) atoms. The van der Waals surface area contributed by atoms with Gasteiger partial charge in [0.05, 0.1) is 29.4 Å². The summed E-state index contributed by atoms with van der Waals surface area (Å²) >= 11 is 0. The molecular weight excluding hydrogens is 462 g/mol. The molecule has 0 aliphatic carbocycles. The van der Waals surface area contributed by atoms with Gasteiger partial charge < -0.3 is 10.1 Å². The summed E-state index contributed by atoms with van der Waals surface area (Å²) in [5.74, 6) is 0.173. The lowest BCUT2D eigenvalue weighted by molar-refractivity contribution is 0.400. The van der Waals surface area contributed by atoms with Crippen LogP contribution in [0.25, 0.3) is 22.0 Å². The molecule has 2 N–H and O–H groups in total. The number of para-hydroxylation sites is 1. The Bertz CT molecular complexity index is 1590. The first-order chi connectivity index (χ1) is 17.0. The van der Waals surface area contributed by atoms with Crippen molar-refractivity contribution in [1.29, 1.82) is 0 Å². The second kappa shape index (κ2) is 9.40. The van der Waals surface area contributed by atoms with E-state index in [1.54, 1.807) is 36.7 Å². The summed E-state index contributed by atoms with van der Waals surface area (Å²) < 4.78 is 33.7. The highest BCUT2D eigenvalue weighted by atomic mass is 32.2. The fourth-order valence-electron chi connectivity index (χ4n) is 3.66. The Morgan fingerprint density at radius 1 is 0.800 bits per heavy atom. The first kappa shape index (κ1) is 22.3. The summed E-state index contributed by atoms with van der Waals surface area (Å²) in [5.41, 5.74) is 4.23. The molecule has 0 fully saturated rings. The minimum atomic E-state index is -3.82. The van der Waals surface area contributed by atoms with Crippen LogP contribution < -0.4 is 14.8 Å². The van der Waals surface area contributed by atoms with Gasteiger partial charge in [-0.1, -0.05) is 42.5 Å². The molecule has 0 aliphatic rings. The number of aromatic nitrogens is 3. The highest BCUT2D eigenvalue weighted by Crippen LogP contribution is 2.33. The van der Waals surface area contributed by atoms with Crippen LogP contribution >= 0.6 is 0 Å². The van der Waals surface area contributed by atoms with E-state index in [-0.39, 0.29) is 16.5 Å². The Hall–Kier alpha value is -4.50. The van der Waals surface area contributed by atoms with Gasteiger partial charge in [-0.15, -0.1) is 0 Å². The molecule has 8 nitrogen and oxygen atoms in total. The van der Waals surface area contributed by atoms with Gasteiger partial charge in [-0.3, -0.25) is 4.72 Å². The number of anilines is 3. The van der Waals surface area contributed by atoms with Crippen LogP contribution in [0.4, 0.5) is 17.1 Å². The topological polar surface area (TPSA) is 106 Å². The molecule has 9 heteroatoms. The molecular formula is C26H21N5O3S. The normalized spacial score (nSPS) is 11.2. The van der Waals surface area contributed by atoms with E-state index < -0.39 is 10.0 Å². The molecule has 0 unspecified atom stereocenters. The smallest absolute Gasteiger partial charge is 0.262 e. The number of pyridine rings is 1. The predicted octanol–water partition coefficient (Wildman–Crippen LogP) is 5.24. The van der Waals surface area contributed by atoms with Crippen LogP contribution in [0.15, 0.2) is 102 Å². The fourth-order valence-corrected chi connectivity index (χ4v) is 4.73. The van der Waals surface area contributed by atoms with Gasteiger partial charge in [0, 0.05) is 22.8 Å². The molecule has 0 bridgehead atoms. The van der Waals surface area contributed by atoms with Crippen molar-refractivity contribution in [3.05, 3.63) is 97.3 Å². The second-order valence-electron chi connectivity index (χ2n) is 7.68. The van der Waals surface area contributed by atoms with Crippen LogP contribution in [0, 0.1) is 0 Å². The molecule has 0 saturated heterocycles. The molecule has 5 rings (SSSR count). The monoisotopic (exact) mass is 483 g/mol. The summed E-state index contributed by atoms with van der Waals surface area (Å²) in [5, 5.41) is 12.6. The highest BCUT2D eigenvalue weighted by molar-refractivity contribution is 7.92. The van der Waals surface area contributed by atoms with Gasteiger partial charge in [-0.25, -0.2) is 13.4 Å². The summed E-state index contributed by atoms with van der Waals surface area (Å²) in [6, 6.07) is 25.4. The minimum absolute atomic E-state index is 0.147. The highest BCUT2D eigenvalue weighted by Gasteiger charge is 2.18. The van der Waals surface area contributed by atoms with Crippen molar-refractivity contribution in [3.63, 3.8) is 0 Å². The van der Waals surface area contributed by atoms with Crippen LogP contribution in [0.5, 0.6) is 5.88 Å². The Balaban J connectivity index is 1.54. The van der Waals surface area contributed by atoms with Gasteiger partial charge in [0.2, 0.25) is 5.88 Å². The van der Waals surface area contributed by atoms with E-state index in [2.05, 4.69) is 25.2 Å². The number of methoxy groups -OCH3 is 1. The van der Waals surface area contributed by atoms with E-state index in [4.69, 9.17) is 4.74 Å². The maximum absolute atomic E-state index is 12.9. The van der Waals surface area contributed by atoms with Crippen molar-refractivity contribution >= 4 is 38.0 Å².